The second-order valence-electron chi connectivity index (χ2n) is 21.4. The standard InChI is InChI=1S/C56H85N17O11/c1-6-32(4)45(57)52(81)66-33(5)46(75)67-38(15-10-22-63-55(58)59)47(76)68-39(16-11-23-64-56(60)61)48(77)71-42(28-36-29-62-30-65-36)53(82)73-24-12-17-44(73)51(80)70-41(27-35-18-20-37(74)21-19-35)49(78)69-40(26-34-13-8-7-9-14-34)50(79)72-43(54(83)84)25-31(2)3/h7-9,13-14,18-21,29-33,38-45,74H,6,10-12,15-17,22-28,57H2,1-5H3,(H,62,65)(H,66,81)(H,67,75)(H,68,76)(H,69,78)(H,70,80)(H,71,77)(H,72,79)(H,83,84)(H4,58,59,63)(H4,60,61,64)/t32-,33-,38-,39-,40-,41-,42-,43-,44+,45-/m0/s1. The highest BCUT2D eigenvalue weighted by atomic mass is 16.4. The molecule has 1 aromatic heterocycles. The molecule has 0 unspecified atom stereocenters. The van der Waals surface area contributed by atoms with Crippen molar-refractivity contribution in [3.63, 3.8) is 0 Å². The van der Waals surface area contributed by atoms with Crippen molar-refractivity contribution in [1.29, 1.82) is 0 Å². The Hall–Kier alpha value is -8.82. The number of likely N-dealkylation sites (tertiary alicyclic amines) is 1. The fourth-order valence-electron chi connectivity index (χ4n) is 9.23. The van der Waals surface area contributed by atoms with E-state index in [4.69, 9.17) is 28.7 Å². The Balaban J connectivity index is 1.64. The number of H-pyrrole nitrogens is 1. The summed E-state index contributed by atoms with van der Waals surface area (Å²) in [5.74, 6) is -8.03. The van der Waals surface area contributed by atoms with E-state index < -0.39 is 108 Å². The third kappa shape index (κ3) is 22.5. The van der Waals surface area contributed by atoms with Crippen LogP contribution in [0.3, 0.4) is 0 Å². The van der Waals surface area contributed by atoms with Gasteiger partial charge in [0.15, 0.2) is 11.9 Å². The van der Waals surface area contributed by atoms with Crippen LogP contribution in [0.15, 0.2) is 77.1 Å². The fourth-order valence-corrected chi connectivity index (χ4v) is 9.23. The zero-order valence-electron chi connectivity index (χ0n) is 48.3. The topological polar surface area (TPSA) is 465 Å². The average Bonchev–Trinajstić information content (AvgIpc) is 3.90. The fraction of sp³-hybridized carbons (Fsp3) is 0.536. The molecule has 0 saturated carbocycles. The lowest BCUT2D eigenvalue weighted by atomic mass is 9.99. The van der Waals surface area contributed by atoms with Crippen LogP contribution >= 0.6 is 0 Å². The number of guanidine groups is 2. The Morgan fingerprint density at radius 1 is 0.655 bits per heavy atom. The van der Waals surface area contributed by atoms with Gasteiger partial charge in [-0.05, 0) is 87.0 Å². The second kappa shape index (κ2) is 33.9. The number of phenolic OH excluding ortho intramolecular Hbond substituents is 1. The summed E-state index contributed by atoms with van der Waals surface area (Å²) in [5.41, 5.74) is 29.9. The van der Waals surface area contributed by atoms with Gasteiger partial charge in [0, 0.05) is 50.8 Å². The van der Waals surface area contributed by atoms with Gasteiger partial charge in [0.2, 0.25) is 47.3 Å². The molecule has 2 aromatic carbocycles. The highest BCUT2D eigenvalue weighted by Crippen LogP contribution is 2.21. The summed E-state index contributed by atoms with van der Waals surface area (Å²) in [4.78, 5) is 142. The predicted octanol–water partition coefficient (Wildman–Crippen LogP) is -1.84. The smallest absolute Gasteiger partial charge is 0.326 e. The summed E-state index contributed by atoms with van der Waals surface area (Å²) in [7, 11) is 0. The maximum absolute atomic E-state index is 15.0. The molecule has 1 fully saturated rings. The minimum absolute atomic E-state index is 0.0319. The van der Waals surface area contributed by atoms with Crippen LogP contribution in [0.5, 0.6) is 5.75 Å². The molecule has 10 atom stereocenters. The number of nitrogens with zero attached hydrogens (tertiary/aromatic N) is 4. The Bertz CT molecular complexity index is 2720. The van der Waals surface area contributed by atoms with Crippen LogP contribution in [-0.4, -0.2) is 164 Å². The van der Waals surface area contributed by atoms with Gasteiger partial charge in [-0.25, -0.2) is 9.78 Å². The minimum atomic E-state index is -1.40. The van der Waals surface area contributed by atoms with E-state index in [2.05, 4.69) is 57.2 Å². The number of nitrogens with one attached hydrogen (secondary N) is 8. The monoisotopic (exact) mass is 1170 g/mol. The van der Waals surface area contributed by atoms with E-state index in [1.165, 1.54) is 36.5 Å². The first-order valence-electron chi connectivity index (χ1n) is 28.2. The number of aromatic hydroxyl groups is 1. The van der Waals surface area contributed by atoms with Crippen molar-refractivity contribution >= 4 is 65.1 Å². The number of phenols is 1. The summed E-state index contributed by atoms with van der Waals surface area (Å²) >= 11 is 0. The molecule has 4 rings (SSSR count). The number of carbonyl (C=O) groups excluding carboxylic acids is 8. The van der Waals surface area contributed by atoms with Crippen molar-refractivity contribution in [1.82, 2.24) is 52.1 Å². The first-order chi connectivity index (χ1) is 39.9. The first-order valence-corrected chi connectivity index (χ1v) is 28.2. The molecule has 0 aliphatic carbocycles. The zero-order valence-corrected chi connectivity index (χ0v) is 48.3. The number of amides is 8. The number of carbonyl (C=O) groups is 9. The molecule has 460 valence electrons. The van der Waals surface area contributed by atoms with E-state index in [0.29, 0.717) is 29.7 Å². The van der Waals surface area contributed by atoms with Gasteiger partial charge in [0.25, 0.3) is 0 Å². The number of hydrogen-bond acceptors (Lipinski definition) is 14. The Kier molecular flexibility index (Phi) is 27.4. The number of rotatable bonds is 34. The summed E-state index contributed by atoms with van der Waals surface area (Å²) in [6, 6.07) is 3.31. The maximum atomic E-state index is 15.0. The summed E-state index contributed by atoms with van der Waals surface area (Å²) in [6.45, 7) is 8.84. The number of nitrogens with two attached hydrogens (primary N) is 5. The molecule has 3 aromatic rings. The molecule has 8 amide bonds. The van der Waals surface area contributed by atoms with Crippen LogP contribution in [0.1, 0.15) is 103 Å². The Morgan fingerprint density at radius 3 is 1.69 bits per heavy atom. The minimum Gasteiger partial charge on any atom is -0.508 e. The molecule has 2 heterocycles. The van der Waals surface area contributed by atoms with Crippen molar-refractivity contribution in [3.05, 3.63) is 83.9 Å². The molecule has 0 radical (unpaired) electrons. The molecule has 28 nitrogen and oxygen atoms in total. The summed E-state index contributed by atoms with van der Waals surface area (Å²) in [5, 5.41) is 38.8. The van der Waals surface area contributed by atoms with E-state index in [9.17, 15) is 53.4 Å². The third-order valence-corrected chi connectivity index (χ3v) is 14.1. The highest BCUT2D eigenvalue weighted by Gasteiger charge is 2.41. The number of imidazole rings is 1. The van der Waals surface area contributed by atoms with Crippen LogP contribution in [0, 0.1) is 11.8 Å². The number of carboxylic acids is 1. The van der Waals surface area contributed by atoms with Crippen LogP contribution in [0.2, 0.25) is 0 Å². The normalized spacial score (nSPS) is 16.1. The van der Waals surface area contributed by atoms with Crippen molar-refractivity contribution in [2.75, 3.05) is 19.6 Å². The predicted molar refractivity (Wildman–Crippen MR) is 313 cm³/mol. The number of hydrogen-bond donors (Lipinski definition) is 15. The molecule has 20 N–H and O–H groups in total. The number of aromatic amines is 1. The van der Waals surface area contributed by atoms with Gasteiger partial charge >= 0.3 is 5.97 Å². The lowest BCUT2D eigenvalue weighted by molar-refractivity contribution is -0.143. The van der Waals surface area contributed by atoms with Crippen LogP contribution in [0.4, 0.5) is 0 Å². The second-order valence-corrected chi connectivity index (χ2v) is 21.4. The summed E-state index contributed by atoms with van der Waals surface area (Å²) < 4.78 is 0. The molecular weight excluding hydrogens is 1090 g/mol. The van der Waals surface area contributed by atoms with Gasteiger partial charge in [0.05, 0.1) is 12.4 Å². The number of aliphatic imine (C=N–C) groups is 2. The van der Waals surface area contributed by atoms with Gasteiger partial charge < -0.3 is 86.0 Å². The molecule has 0 bridgehead atoms. The molecule has 84 heavy (non-hydrogen) atoms. The van der Waals surface area contributed by atoms with Gasteiger partial charge in [-0.1, -0.05) is 76.6 Å². The van der Waals surface area contributed by atoms with Crippen molar-refractivity contribution in [3.8, 4) is 5.75 Å². The molecule has 1 aliphatic heterocycles. The quantitative estimate of drug-likeness (QED) is 0.0177. The lowest BCUT2D eigenvalue weighted by Gasteiger charge is -2.31. The third-order valence-electron chi connectivity index (χ3n) is 14.1. The Labute approximate surface area is 488 Å². The highest BCUT2D eigenvalue weighted by molar-refractivity contribution is 5.98. The lowest BCUT2D eigenvalue weighted by Crippen LogP contribution is -2.60. The van der Waals surface area contributed by atoms with Crippen molar-refractivity contribution in [2.45, 2.75) is 160 Å². The van der Waals surface area contributed by atoms with E-state index in [1.807, 2.05) is 6.92 Å². The van der Waals surface area contributed by atoms with Crippen LogP contribution < -0.4 is 65.9 Å². The summed E-state index contributed by atoms with van der Waals surface area (Å²) in [6.07, 6.45) is 3.83. The van der Waals surface area contributed by atoms with E-state index in [0.717, 1.165) is 0 Å². The van der Waals surface area contributed by atoms with Crippen LogP contribution in [0.25, 0.3) is 0 Å². The maximum Gasteiger partial charge on any atom is 0.326 e. The van der Waals surface area contributed by atoms with E-state index in [1.54, 1.807) is 63.2 Å². The molecule has 28 heteroatoms. The van der Waals surface area contributed by atoms with Gasteiger partial charge in [-0.2, -0.15) is 0 Å². The Morgan fingerprint density at radius 2 is 1.17 bits per heavy atom. The van der Waals surface area contributed by atoms with Crippen molar-refractivity contribution in [2.24, 2.45) is 50.5 Å². The number of carboxylic acid groups (broad SMARTS) is 1. The number of benzene rings is 2. The number of aromatic nitrogens is 2. The molecule has 1 saturated heterocycles. The van der Waals surface area contributed by atoms with Gasteiger partial charge in [-0.15, -0.1) is 0 Å². The van der Waals surface area contributed by atoms with Gasteiger partial charge in [-0.3, -0.25) is 48.3 Å². The largest absolute Gasteiger partial charge is 0.508 e. The first kappa shape index (κ1) is 67.7. The van der Waals surface area contributed by atoms with Crippen molar-refractivity contribution < 1.29 is 53.4 Å². The molecule has 0 spiro atoms. The SMILES string of the molecule is CC[C@H](C)[C@H](N)C(=O)N[C@@H](C)C(=O)N[C@@H](CCCN=C(N)N)C(=O)N[C@@H](CCCN=C(N)N)C(=O)N[C@@H](Cc1cnc[nH]1)C(=O)N1CCC[C@@H]1C(=O)N[C@@H](Cc1ccc(O)cc1)C(=O)N[C@@H](Cc1ccccc1)C(=O)N[C@@H](CC(C)C)C(=O)O. The average molecular weight is 1170 g/mol. The molecule has 1 aliphatic rings. The zero-order chi connectivity index (χ0) is 62.0. The van der Waals surface area contributed by atoms with Gasteiger partial charge in [0.1, 0.15) is 54.1 Å². The van der Waals surface area contributed by atoms with E-state index >= 15 is 0 Å². The van der Waals surface area contributed by atoms with E-state index in [-0.39, 0.29) is 107 Å². The molecular formula is C56H85N17O11. The number of aliphatic carboxylic acids is 1. The van der Waals surface area contributed by atoms with Crippen LogP contribution in [-0.2, 0) is 62.4 Å².